The van der Waals surface area contributed by atoms with Crippen molar-refractivity contribution in [3.05, 3.63) is 23.8 Å². The van der Waals surface area contributed by atoms with Crippen molar-refractivity contribution in [3.8, 4) is 0 Å². The first-order chi connectivity index (χ1) is 5.39. The summed E-state index contributed by atoms with van der Waals surface area (Å²) in [4.78, 5) is 0. The van der Waals surface area contributed by atoms with E-state index in [9.17, 15) is 0 Å². The Hall–Kier alpha value is 0.440. The minimum absolute atomic E-state index is 0. The summed E-state index contributed by atoms with van der Waals surface area (Å²) in [7, 11) is 0. The molecule has 0 amide bonds. The largest absolute Gasteiger partial charge is 1.00 e. The zero-order chi connectivity index (χ0) is 7.94. The van der Waals surface area contributed by atoms with Crippen molar-refractivity contribution < 1.29 is 34.3 Å². The first-order valence-corrected chi connectivity index (χ1v) is 4.21. The summed E-state index contributed by atoms with van der Waals surface area (Å²) < 4.78 is 4.94. The van der Waals surface area contributed by atoms with Crippen LogP contribution in [-0.2, 0) is 4.74 Å². The van der Waals surface area contributed by atoms with Gasteiger partial charge in [-0.3, -0.25) is 6.08 Å². The van der Waals surface area contributed by atoms with Gasteiger partial charge >= 0.3 is 29.6 Å². The van der Waals surface area contributed by atoms with E-state index in [2.05, 4.69) is 25.2 Å². The second-order valence-corrected chi connectivity index (χ2v) is 2.79. The van der Waals surface area contributed by atoms with Gasteiger partial charge in [0.2, 0.25) is 0 Å². The molecule has 1 nitrogen and oxygen atoms in total. The fourth-order valence-corrected chi connectivity index (χ4v) is 1.02. The molecule has 12 heavy (non-hydrogen) atoms. The van der Waals surface area contributed by atoms with E-state index in [1.54, 1.807) is 0 Å². The molecule has 0 bridgehead atoms. The number of hydrogen-bond acceptors (Lipinski definition) is 1. The van der Waals surface area contributed by atoms with Crippen molar-refractivity contribution in [2.75, 3.05) is 13.2 Å². The van der Waals surface area contributed by atoms with E-state index in [0.717, 1.165) is 19.6 Å². The summed E-state index contributed by atoms with van der Waals surface area (Å²) in [6.45, 7) is 4.06. The molecule has 0 N–H and O–H groups in total. The molecule has 62 valence electrons. The average Bonchev–Trinajstić information content (AvgIpc) is 2.57. The first-order valence-electron chi connectivity index (χ1n) is 4.21. The zero-order valence-electron chi connectivity index (χ0n) is 8.10. The molecule has 0 unspecified atom stereocenters. The van der Waals surface area contributed by atoms with Gasteiger partial charge in [0.1, 0.15) is 0 Å². The second kappa shape index (κ2) is 8.06. The van der Waals surface area contributed by atoms with Crippen molar-refractivity contribution in [2.45, 2.75) is 26.2 Å². The maximum Gasteiger partial charge on any atom is 1.00 e. The fourth-order valence-electron chi connectivity index (χ4n) is 1.02. The summed E-state index contributed by atoms with van der Waals surface area (Å²) >= 11 is 0. The van der Waals surface area contributed by atoms with Crippen LogP contribution in [0.1, 0.15) is 26.2 Å². The molecule has 1 fully saturated rings. The molecule has 0 atom stereocenters. The Morgan fingerprint density at radius 3 is 2.17 bits per heavy atom. The van der Waals surface area contributed by atoms with Crippen molar-refractivity contribution >= 4 is 0 Å². The van der Waals surface area contributed by atoms with Crippen LogP contribution in [0.4, 0.5) is 0 Å². The topological polar surface area (TPSA) is 9.23 Å². The molecule has 1 saturated heterocycles. The quantitative estimate of drug-likeness (QED) is 0.355. The Labute approximate surface area is 97.2 Å². The van der Waals surface area contributed by atoms with Crippen molar-refractivity contribution in [3.63, 3.8) is 0 Å². The van der Waals surface area contributed by atoms with E-state index >= 15 is 0 Å². The third-order valence-corrected chi connectivity index (χ3v) is 1.69. The molecule has 1 aliphatic carbocycles. The Balaban J connectivity index is 0.000000189. The molecule has 0 aromatic carbocycles. The molecule has 0 aromatic rings. The van der Waals surface area contributed by atoms with Crippen LogP contribution in [0.25, 0.3) is 0 Å². The van der Waals surface area contributed by atoms with Crippen LogP contribution in [0.2, 0.25) is 0 Å². The molecule has 0 spiro atoms. The summed E-state index contributed by atoms with van der Waals surface area (Å²) in [5.74, 6) is 0. The van der Waals surface area contributed by atoms with E-state index in [1.807, 2.05) is 0 Å². The van der Waals surface area contributed by atoms with Crippen LogP contribution in [0.3, 0.4) is 0 Å². The SMILES string of the molecule is C1CCOC1.CC1=[C-]CC=C1.[Na+]. The van der Waals surface area contributed by atoms with Gasteiger partial charge in [-0.25, -0.2) is 11.6 Å². The van der Waals surface area contributed by atoms with Gasteiger partial charge in [-0.1, -0.05) is 6.92 Å². The zero-order valence-corrected chi connectivity index (χ0v) is 10.1. The number of ether oxygens (including phenoxy) is 1. The van der Waals surface area contributed by atoms with E-state index < -0.39 is 0 Å². The van der Waals surface area contributed by atoms with Crippen molar-refractivity contribution in [1.82, 2.24) is 0 Å². The smallest absolute Gasteiger partial charge is 0.381 e. The Morgan fingerprint density at radius 2 is 2.00 bits per heavy atom. The molecular formula is C10H15NaO. The van der Waals surface area contributed by atoms with Crippen LogP contribution in [0.5, 0.6) is 0 Å². The second-order valence-electron chi connectivity index (χ2n) is 2.79. The standard InChI is InChI=1S/C6H7.C4H8O.Na/c1-6-4-2-3-5-6;1-2-4-5-3-1;/h2,4H,3H2,1H3;1-4H2;/q-1;;+1. The Bertz CT molecular complexity index is 147. The van der Waals surface area contributed by atoms with Crippen LogP contribution in [0.15, 0.2) is 17.7 Å². The Kier molecular flexibility index (Phi) is 8.35. The molecule has 1 heterocycles. The summed E-state index contributed by atoms with van der Waals surface area (Å²) in [5, 5.41) is 0. The molecular weight excluding hydrogens is 159 g/mol. The Morgan fingerprint density at radius 1 is 1.33 bits per heavy atom. The molecule has 0 radical (unpaired) electrons. The van der Waals surface area contributed by atoms with Gasteiger partial charge in [-0.05, 0) is 12.8 Å². The maximum absolute atomic E-state index is 4.94. The summed E-state index contributed by atoms with van der Waals surface area (Å²) in [6.07, 6.45) is 10.9. The fraction of sp³-hybridized carbons (Fsp3) is 0.600. The molecule has 2 aliphatic rings. The molecule has 2 heteroatoms. The van der Waals surface area contributed by atoms with E-state index in [4.69, 9.17) is 4.74 Å². The number of hydrogen-bond donors (Lipinski definition) is 0. The van der Waals surface area contributed by atoms with Crippen LogP contribution in [-0.4, -0.2) is 13.2 Å². The minimum atomic E-state index is 0. The number of rotatable bonds is 0. The van der Waals surface area contributed by atoms with Gasteiger partial charge in [-0.2, -0.15) is 6.08 Å². The molecule has 0 saturated carbocycles. The molecule has 2 rings (SSSR count). The van der Waals surface area contributed by atoms with Gasteiger partial charge in [0, 0.05) is 13.2 Å². The predicted octanol–water partition coefficient (Wildman–Crippen LogP) is -0.503. The third-order valence-electron chi connectivity index (χ3n) is 1.69. The van der Waals surface area contributed by atoms with Crippen molar-refractivity contribution in [1.29, 1.82) is 0 Å². The van der Waals surface area contributed by atoms with E-state index in [0.29, 0.717) is 0 Å². The van der Waals surface area contributed by atoms with Gasteiger partial charge in [0.25, 0.3) is 0 Å². The number of allylic oxidation sites excluding steroid dienone is 4. The first kappa shape index (κ1) is 12.4. The minimum Gasteiger partial charge on any atom is -0.381 e. The predicted molar refractivity (Wildman–Crippen MR) is 46.2 cm³/mol. The normalized spacial score (nSPS) is 19.2. The van der Waals surface area contributed by atoms with E-state index in [-0.39, 0.29) is 29.6 Å². The van der Waals surface area contributed by atoms with Crippen LogP contribution in [0, 0.1) is 6.08 Å². The van der Waals surface area contributed by atoms with Gasteiger partial charge in [-0.15, -0.1) is 6.42 Å². The van der Waals surface area contributed by atoms with Gasteiger partial charge in [0.05, 0.1) is 0 Å². The average molecular weight is 174 g/mol. The summed E-state index contributed by atoms with van der Waals surface area (Å²) in [5.41, 5.74) is 1.27. The molecule has 0 aromatic heterocycles. The monoisotopic (exact) mass is 174 g/mol. The van der Waals surface area contributed by atoms with Crippen molar-refractivity contribution in [2.24, 2.45) is 0 Å². The van der Waals surface area contributed by atoms with Gasteiger partial charge < -0.3 is 4.74 Å². The molecule has 1 aliphatic heterocycles. The van der Waals surface area contributed by atoms with Crippen LogP contribution < -0.4 is 29.6 Å². The maximum atomic E-state index is 4.94. The van der Waals surface area contributed by atoms with E-state index in [1.165, 1.54) is 18.4 Å². The summed E-state index contributed by atoms with van der Waals surface area (Å²) in [6, 6.07) is 0. The van der Waals surface area contributed by atoms with Crippen LogP contribution >= 0.6 is 0 Å². The third kappa shape index (κ3) is 6.01. The van der Waals surface area contributed by atoms with Gasteiger partial charge in [0.15, 0.2) is 0 Å².